The van der Waals surface area contributed by atoms with Gasteiger partial charge >= 0.3 is 0 Å². The number of aliphatic hydroxyl groups excluding tert-OH is 1. The van der Waals surface area contributed by atoms with Crippen LogP contribution in [-0.4, -0.2) is 23.4 Å². The van der Waals surface area contributed by atoms with Crippen molar-refractivity contribution in [3.63, 3.8) is 0 Å². The molecule has 0 aliphatic carbocycles. The van der Waals surface area contributed by atoms with Crippen LogP contribution in [0.15, 0.2) is 65.6 Å². The molecule has 4 rings (SSSR count). The lowest BCUT2D eigenvalue weighted by Crippen LogP contribution is -2.29. The predicted molar refractivity (Wildman–Crippen MR) is 123 cm³/mol. The average Bonchev–Trinajstić information content (AvgIpc) is 3.36. The number of carbonyl (C=O) groups excluding carboxylic acids is 2. The van der Waals surface area contributed by atoms with Crippen LogP contribution in [0.1, 0.15) is 29.0 Å². The SMILES string of the molecule is CCOc1cc(/C(O)=C2/C(=O)C(=O)N(c3cccc(C)c3)C2c2cccs2)ccc1Cl. The maximum Gasteiger partial charge on any atom is 0.300 e. The first kappa shape index (κ1) is 21.2. The number of aryl methyl sites for hydroxylation is 1. The average molecular weight is 454 g/mol. The summed E-state index contributed by atoms with van der Waals surface area (Å²) in [6.07, 6.45) is 0. The molecule has 1 atom stereocenters. The highest BCUT2D eigenvalue weighted by Gasteiger charge is 2.47. The Morgan fingerprint density at radius 2 is 1.97 bits per heavy atom. The Balaban J connectivity index is 1.91. The van der Waals surface area contributed by atoms with E-state index in [0.29, 0.717) is 28.6 Å². The van der Waals surface area contributed by atoms with Gasteiger partial charge in [-0.2, -0.15) is 0 Å². The van der Waals surface area contributed by atoms with Crippen molar-refractivity contribution in [2.45, 2.75) is 19.9 Å². The van der Waals surface area contributed by atoms with Crippen LogP contribution in [0.3, 0.4) is 0 Å². The lowest BCUT2D eigenvalue weighted by molar-refractivity contribution is -0.132. The number of hydrogen-bond acceptors (Lipinski definition) is 5. The summed E-state index contributed by atoms with van der Waals surface area (Å²) >= 11 is 7.59. The van der Waals surface area contributed by atoms with Crippen molar-refractivity contribution in [2.75, 3.05) is 11.5 Å². The predicted octanol–water partition coefficient (Wildman–Crippen LogP) is 5.73. The van der Waals surface area contributed by atoms with Crippen LogP contribution in [0.5, 0.6) is 5.75 Å². The molecule has 0 bridgehead atoms. The minimum Gasteiger partial charge on any atom is -0.507 e. The van der Waals surface area contributed by atoms with Crippen molar-refractivity contribution in [2.24, 2.45) is 0 Å². The smallest absolute Gasteiger partial charge is 0.300 e. The van der Waals surface area contributed by atoms with Gasteiger partial charge in [0, 0.05) is 16.1 Å². The molecule has 7 heteroatoms. The molecule has 1 amide bonds. The van der Waals surface area contributed by atoms with Gasteiger partial charge in [0.2, 0.25) is 0 Å². The Morgan fingerprint density at radius 1 is 1.16 bits per heavy atom. The summed E-state index contributed by atoms with van der Waals surface area (Å²) in [7, 11) is 0. The largest absolute Gasteiger partial charge is 0.507 e. The van der Waals surface area contributed by atoms with Gasteiger partial charge in [-0.05, 0) is 61.2 Å². The molecule has 1 saturated heterocycles. The molecule has 1 unspecified atom stereocenters. The second-order valence-electron chi connectivity index (χ2n) is 7.10. The summed E-state index contributed by atoms with van der Waals surface area (Å²) in [6, 6.07) is 15.1. The molecule has 158 valence electrons. The first-order valence-electron chi connectivity index (χ1n) is 9.76. The van der Waals surface area contributed by atoms with Crippen LogP contribution in [0.4, 0.5) is 5.69 Å². The molecule has 1 aliphatic heterocycles. The zero-order chi connectivity index (χ0) is 22.1. The first-order valence-corrected chi connectivity index (χ1v) is 11.0. The minimum atomic E-state index is -0.731. The fourth-order valence-electron chi connectivity index (χ4n) is 3.66. The van der Waals surface area contributed by atoms with E-state index in [1.807, 2.05) is 49.6 Å². The molecule has 1 N–H and O–H groups in total. The molecular weight excluding hydrogens is 434 g/mol. The Bertz CT molecular complexity index is 1190. The quantitative estimate of drug-likeness (QED) is 0.304. The molecule has 3 aromatic rings. The van der Waals surface area contributed by atoms with E-state index >= 15 is 0 Å². The fourth-order valence-corrected chi connectivity index (χ4v) is 4.66. The lowest BCUT2D eigenvalue weighted by atomic mass is 9.99. The van der Waals surface area contributed by atoms with Crippen LogP contribution in [-0.2, 0) is 9.59 Å². The van der Waals surface area contributed by atoms with Crippen LogP contribution < -0.4 is 9.64 Å². The van der Waals surface area contributed by atoms with E-state index in [1.54, 1.807) is 24.3 Å². The Hall–Kier alpha value is -3.09. The van der Waals surface area contributed by atoms with E-state index in [2.05, 4.69) is 0 Å². The molecular formula is C24H20ClNO4S. The molecule has 2 aromatic carbocycles. The second kappa shape index (κ2) is 8.57. The number of benzene rings is 2. The zero-order valence-electron chi connectivity index (χ0n) is 17.0. The third-order valence-electron chi connectivity index (χ3n) is 5.04. The van der Waals surface area contributed by atoms with Gasteiger partial charge in [0.15, 0.2) is 0 Å². The Kier molecular flexibility index (Phi) is 5.85. The number of halogens is 1. The van der Waals surface area contributed by atoms with Crippen molar-refractivity contribution in [3.05, 3.63) is 86.6 Å². The number of carbonyl (C=O) groups is 2. The van der Waals surface area contributed by atoms with E-state index in [4.69, 9.17) is 16.3 Å². The van der Waals surface area contributed by atoms with E-state index in [9.17, 15) is 14.7 Å². The topological polar surface area (TPSA) is 66.8 Å². The van der Waals surface area contributed by atoms with Gasteiger partial charge in [0.25, 0.3) is 11.7 Å². The van der Waals surface area contributed by atoms with Crippen molar-refractivity contribution in [1.29, 1.82) is 0 Å². The Morgan fingerprint density at radius 3 is 2.65 bits per heavy atom. The third-order valence-corrected chi connectivity index (χ3v) is 6.28. The fraction of sp³-hybridized carbons (Fsp3) is 0.167. The van der Waals surface area contributed by atoms with E-state index in [-0.39, 0.29) is 11.3 Å². The van der Waals surface area contributed by atoms with Crippen molar-refractivity contribution >= 4 is 46.1 Å². The summed E-state index contributed by atoms with van der Waals surface area (Å²) < 4.78 is 5.51. The summed E-state index contributed by atoms with van der Waals surface area (Å²) in [5, 5.41) is 13.4. The van der Waals surface area contributed by atoms with Gasteiger partial charge in [-0.15, -0.1) is 11.3 Å². The van der Waals surface area contributed by atoms with Crippen LogP contribution >= 0.6 is 22.9 Å². The summed E-state index contributed by atoms with van der Waals surface area (Å²) in [6.45, 7) is 4.15. The molecule has 31 heavy (non-hydrogen) atoms. The van der Waals surface area contributed by atoms with Crippen LogP contribution in [0, 0.1) is 6.92 Å². The minimum absolute atomic E-state index is 0.0405. The number of rotatable bonds is 5. The standard InChI is InChI=1S/C24H20ClNO4S/c1-3-30-18-13-15(9-10-17(18)25)22(27)20-21(19-8-5-11-31-19)26(24(29)23(20)28)16-7-4-6-14(2)12-16/h4-13,21,27H,3H2,1-2H3/b22-20-. The van der Waals surface area contributed by atoms with E-state index < -0.39 is 17.7 Å². The third kappa shape index (κ3) is 3.84. The molecule has 0 radical (unpaired) electrons. The number of ether oxygens (including phenoxy) is 1. The number of thiophene rings is 1. The van der Waals surface area contributed by atoms with E-state index in [0.717, 1.165) is 10.4 Å². The highest BCUT2D eigenvalue weighted by Crippen LogP contribution is 2.44. The number of nitrogens with zero attached hydrogens (tertiary/aromatic N) is 1. The van der Waals surface area contributed by atoms with Crippen molar-refractivity contribution < 1.29 is 19.4 Å². The van der Waals surface area contributed by atoms with Gasteiger partial charge in [0.05, 0.1) is 17.2 Å². The molecule has 0 spiro atoms. The maximum atomic E-state index is 13.1. The number of hydrogen-bond donors (Lipinski definition) is 1. The lowest BCUT2D eigenvalue weighted by Gasteiger charge is -2.24. The molecule has 1 fully saturated rings. The molecule has 1 aliphatic rings. The Labute approximate surface area is 189 Å². The number of Topliss-reactive ketones (excluding diaryl/α,β-unsaturated/α-hetero) is 1. The highest BCUT2D eigenvalue weighted by molar-refractivity contribution is 7.10. The van der Waals surface area contributed by atoms with Gasteiger partial charge in [-0.1, -0.05) is 29.8 Å². The number of aliphatic hydroxyl groups is 1. The monoisotopic (exact) mass is 453 g/mol. The number of ketones is 1. The van der Waals surface area contributed by atoms with Crippen molar-refractivity contribution in [1.82, 2.24) is 0 Å². The second-order valence-corrected chi connectivity index (χ2v) is 8.49. The van der Waals surface area contributed by atoms with Crippen molar-refractivity contribution in [3.8, 4) is 5.75 Å². The van der Waals surface area contributed by atoms with Gasteiger partial charge in [0.1, 0.15) is 17.6 Å². The molecule has 2 heterocycles. The van der Waals surface area contributed by atoms with Crippen LogP contribution in [0.2, 0.25) is 5.02 Å². The summed E-state index contributed by atoms with van der Waals surface area (Å²) in [5.74, 6) is -1.27. The number of amides is 1. The zero-order valence-corrected chi connectivity index (χ0v) is 18.5. The molecule has 0 saturated carbocycles. The summed E-state index contributed by atoms with van der Waals surface area (Å²) in [5.41, 5.74) is 1.96. The molecule has 5 nitrogen and oxygen atoms in total. The van der Waals surface area contributed by atoms with Gasteiger partial charge in [-0.25, -0.2) is 0 Å². The van der Waals surface area contributed by atoms with Gasteiger partial charge in [-0.3, -0.25) is 14.5 Å². The highest BCUT2D eigenvalue weighted by atomic mass is 35.5. The van der Waals surface area contributed by atoms with Crippen LogP contribution in [0.25, 0.3) is 5.76 Å². The van der Waals surface area contributed by atoms with Gasteiger partial charge < -0.3 is 9.84 Å². The molecule has 1 aromatic heterocycles. The number of anilines is 1. The van der Waals surface area contributed by atoms with E-state index in [1.165, 1.54) is 16.2 Å². The normalized spacial score (nSPS) is 17.9. The summed E-state index contributed by atoms with van der Waals surface area (Å²) in [4.78, 5) is 28.4. The maximum absolute atomic E-state index is 13.1. The first-order chi connectivity index (χ1) is 14.9.